The molecule has 3 atom stereocenters. The quantitative estimate of drug-likeness (QED) is 0.437. The first-order valence-electron chi connectivity index (χ1n) is 12.1. The van der Waals surface area contributed by atoms with Crippen molar-refractivity contribution in [2.75, 3.05) is 13.3 Å². The van der Waals surface area contributed by atoms with E-state index in [0.29, 0.717) is 11.5 Å². The molecule has 0 unspecified atom stereocenters. The number of fused-ring (bicyclic) bond motifs is 1. The van der Waals surface area contributed by atoms with Crippen LogP contribution in [0.1, 0.15) is 69.9 Å². The van der Waals surface area contributed by atoms with Crippen LogP contribution < -0.4 is 10.1 Å². The van der Waals surface area contributed by atoms with E-state index in [-0.39, 0.29) is 18.7 Å². The van der Waals surface area contributed by atoms with Gasteiger partial charge in [-0.2, -0.15) is 13.2 Å². The van der Waals surface area contributed by atoms with Crippen LogP contribution in [-0.2, 0) is 26.2 Å². The van der Waals surface area contributed by atoms with Gasteiger partial charge in [0.05, 0.1) is 5.92 Å². The molecule has 1 aromatic rings. The van der Waals surface area contributed by atoms with Crippen LogP contribution in [0.4, 0.5) is 13.2 Å². The summed E-state index contributed by atoms with van der Waals surface area (Å²) in [5, 5.41) is 10.9. The molecule has 2 fully saturated rings. The third kappa shape index (κ3) is 5.67. The van der Waals surface area contributed by atoms with E-state index in [0.717, 1.165) is 37.5 Å². The first kappa shape index (κ1) is 26.3. The van der Waals surface area contributed by atoms with Crippen molar-refractivity contribution in [3.8, 4) is 5.75 Å². The maximum Gasteiger partial charge on any atom is 0.490 e. The molecule has 1 aromatic carbocycles. The van der Waals surface area contributed by atoms with Gasteiger partial charge in [0.15, 0.2) is 0 Å². The van der Waals surface area contributed by atoms with Crippen molar-refractivity contribution in [2.45, 2.75) is 82.8 Å². The molecule has 0 spiro atoms. The van der Waals surface area contributed by atoms with E-state index in [1.54, 1.807) is 0 Å². The lowest BCUT2D eigenvalue weighted by Gasteiger charge is -2.56. The molecule has 0 aromatic heterocycles. The van der Waals surface area contributed by atoms with Crippen molar-refractivity contribution in [1.82, 2.24) is 5.32 Å². The van der Waals surface area contributed by atoms with Gasteiger partial charge in [-0.25, -0.2) is 4.79 Å². The molecule has 1 heterocycles. The molecule has 1 aliphatic heterocycles. The van der Waals surface area contributed by atoms with Gasteiger partial charge in [0, 0.05) is 11.5 Å². The second kappa shape index (κ2) is 11.0. The first-order valence-corrected chi connectivity index (χ1v) is 12.1. The number of aliphatic carboxylic acids is 1. The number of nitrogens with one attached hydrogen (secondary N) is 1. The summed E-state index contributed by atoms with van der Waals surface area (Å²) in [4.78, 5) is 20.9. The van der Waals surface area contributed by atoms with Crippen molar-refractivity contribution < 1.29 is 37.3 Å². The number of halogens is 3. The van der Waals surface area contributed by atoms with Crippen LogP contribution in [0.25, 0.3) is 0 Å². The molecular formula is C25H34F3NO5. The SMILES string of the molecule is CCC(CC)C(=O)OCOc1ccc2c(c1)[C@@]13CCCC[C@@H]1[C@H](C2)NCC3.O=C(O)C(F)(F)F. The normalized spacial score (nSPS) is 25.4. The Morgan fingerprint density at radius 2 is 1.91 bits per heavy atom. The maximum atomic E-state index is 12.0. The van der Waals surface area contributed by atoms with Gasteiger partial charge in [-0.1, -0.05) is 32.8 Å². The van der Waals surface area contributed by atoms with E-state index in [1.807, 2.05) is 19.9 Å². The van der Waals surface area contributed by atoms with Crippen LogP contribution in [-0.4, -0.2) is 42.6 Å². The van der Waals surface area contributed by atoms with E-state index in [1.165, 1.54) is 43.2 Å². The molecule has 1 saturated carbocycles. The summed E-state index contributed by atoms with van der Waals surface area (Å²) in [6, 6.07) is 7.17. The van der Waals surface area contributed by atoms with Crippen LogP contribution in [0, 0.1) is 11.8 Å². The Balaban J connectivity index is 0.000000406. The number of hydrogen-bond acceptors (Lipinski definition) is 5. The summed E-state index contributed by atoms with van der Waals surface area (Å²) < 4.78 is 42.9. The molecule has 0 radical (unpaired) electrons. The molecule has 3 aliphatic rings. The van der Waals surface area contributed by atoms with Crippen molar-refractivity contribution in [1.29, 1.82) is 0 Å². The Morgan fingerprint density at radius 1 is 1.21 bits per heavy atom. The maximum absolute atomic E-state index is 12.0. The minimum absolute atomic E-state index is 0.00866. The number of carboxylic acid groups (broad SMARTS) is 1. The number of rotatable bonds is 6. The number of alkyl halides is 3. The fourth-order valence-corrected chi connectivity index (χ4v) is 5.89. The zero-order valence-corrected chi connectivity index (χ0v) is 19.7. The fraction of sp³-hybridized carbons (Fsp3) is 0.680. The summed E-state index contributed by atoms with van der Waals surface area (Å²) >= 11 is 0. The molecular weight excluding hydrogens is 451 g/mol. The van der Waals surface area contributed by atoms with Gasteiger partial charge in [0.25, 0.3) is 0 Å². The molecule has 0 amide bonds. The van der Waals surface area contributed by atoms with Crippen LogP contribution in [0.5, 0.6) is 5.75 Å². The summed E-state index contributed by atoms with van der Waals surface area (Å²) in [6.07, 6.45) is 4.24. The smallest absolute Gasteiger partial charge is 0.475 e. The molecule has 6 nitrogen and oxygen atoms in total. The fourth-order valence-electron chi connectivity index (χ4n) is 5.89. The van der Waals surface area contributed by atoms with Gasteiger partial charge < -0.3 is 19.9 Å². The second-order valence-electron chi connectivity index (χ2n) is 9.38. The minimum Gasteiger partial charge on any atom is -0.475 e. The van der Waals surface area contributed by atoms with E-state index in [2.05, 4.69) is 17.4 Å². The van der Waals surface area contributed by atoms with Gasteiger partial charge in [-0.05, 0) is 74.2 Å². The van der Waals surface area contributed by atoms with E-state index in [9.17, 15) is 18.0 Å². The lowest BCUT2D eigenvalue weighted by Crippen LogP contribution is -2.59. The molecule has 190 valence electrons. The molecule has 2 N–H and O–H groups in total. The summed E-state index contributed by atoms with van der Waals surface area (Å²) in [7, 11) is 0. The van der Waals surface area contributed by atoms with Crippen LogP contribution in [0.15, 0.2) is 18.2 Å². The monoisotopic (exact) mass is 485 g/mol. The standard InChI is InChI=1S/C23H33NO3.C2HF3O2/c1-3-16(4-2)22(25)27-15-26-18-9-8-17-13-21-19-7-5-6-10-23(19,11-12-24-21)20(17)14-18;3-2(4,5)1(6)7/h8-9,14,16,19,21,24H,3-7,10-13,15H2,1-2H3;(H,6,7)/t19-,21+,23-;/m1./s1. The number of esters is 1. The summed E-state index contributed by atoms with van der Waals surface area (Å²) in [6.45, 7) is 5.17. The van der Waals surface area contributed by atoms with Gasteiger partial charge in [0.1, 0.15) is 5.75 Å². The predicted octanol–water partition coefficient (Wildman–Crippen LogP) is 4.98. The molecule has 9 heteroatoms. The van der Waals surface area contributed by atoms with E-state index >= 15 is 0 Å². The minimum atomic E-state index is -5.08. The Kier molecular flexibility index (Phi) is 8.49. The zero-order chi connectivity index (χ0) is 24.9. The summed E-state index contributed by atoms with van der Waals surface area (Å²) in [5.41, 5.74) is 3.31. The van der Waals surface area contributed by atoms with Crippen molar-refractivity contribution in [3.05, 3.63) is 29.3 Å². The number of carboxylic acids is 1. The topological polar surface area (TPSA) is 84.9 Å². The lowest BCUT2D eigenvalue weighted by molar-refractivity contribution is -0.192. The number of ether oxygens (including phenoxy) is 2. The van der Waals surface area contributed by atoms with Crippen LogP contribution in [0.3, 0.4) is 0 Å². The predicted molar refractivity (Wildman–Crippen MR) is 120 cm³/mol. The average molecular weight is 486 g/mol. The Hall–Kier alpha value is -2.29. The molecule has 2 aliphatic carbocycles. The molecule has 34 heavy (non-hydrogen) atoms. The molecule has 1 saturated heterocycles. The highest BCUT2D eigenvalue weighted by molar-refractivity contribution is 5.73. The van der Waals surface area contributed by atoms with E-state index < -0.39 is 12.1 Å². The third-order valence-corrected chi connectivity index (χ3v) is 7.61. The lowest BCUT2D eigenvalue weighted by atomic mass is 9.53. The molecule has 2 bridgehead atoms. The highest BCUT2D eigenvalue weighted by Gasteiger charge is 2.51. The zero-order valence-electron chi connectivity index (χ0n) is 19.7. The summed E-state index contributed by atoms with van der Waals surface area (Å²) in [5.74, 6) is -1.33. The Bertz CT molecular complexity index is 867. The number of piperidine rings is 1. The van der Waals surface area contributed by atoms with Crippen molar-refractivity contribution in [3.63, 3.8) is 0 Å². The van der Waals surface area contributed by atoms with Gasteiger partial charge in [0.2, 0.25) is 6.79 Å². The van der Waals surface area contributed by atoms with Gasteiger partial charge >= 0.3 is 18.1 Å². The van der Waals surface area contributed by atoms with Gasteiger partial charge in [-0.15, -0.1) is 0 Å². The number of carbonyl (C=O) groups is 2. The highest BCUT2D eigenvalue weighted by Crippen LogP contribution is 2.54. The van der Waals surface area contributed by atoms with Crippen LogP contribution >= 0.6 is 0 Å². The largest absolute Gasteiger partial charge is 0.490 e. The molecule has 4 rings (SSSR count). The number of carbonyl (C=O) groups excluding carboxylic acids is 1. The van der Waals surface area contributed by atoms with Crippen molar-refractivity contribution in [2.24, 2.45) is 11.8 Å². The third-order valence-electron chi connectivity index (χ3n) is 7.61. The highest BCUT2D eigenvalue weighted by atomic mass is 19.4. The van der Waals surface area contributed by atoms with Crippen LogP contribution in [0.2, 0.25) is 0 Å². The van der Waals surface area contributed by atoms with E-state index in [4.69, 9.17) is 19.4 Å². The second-order valence-corrected chi connectivity index (χ2v) is 9.38. The number of hydrogen-bond donors (Lipinski definition) is 2. The van der Waals surface area contributed by atoms with Gasteiger partial charge in [-0.3, -0.25) is 4.79 Å². The van der Waals surface area contributed by atoms with Crippen molar-refractivity contribution >= 4 is 11.9 Å². The first-order chi connectivity index (χ1) is 16.1. The average Bonchev–Trinajstić information content (AvgIpc) is 2.80. The number of benzene rings is 1. The Morgan fingerprint density at radius 3 is 2.56 bits per heavy atom. The Labute approximate surface area is 198 Å².